The SMILES string of the molecule is c1ccc(-c2cc(-c3ccccc3)nc(-n3c4c5ccccc5c5ccccc5c4c4c5sc6ccccc6c5c5ccccc5c43)n2)cc1. The topological polar surface area (TPSA) is 30.7 Å². The Morgan fingerprint density at radius 1 is 0.380 bits per heavy atom. The average molecular weight is 654 g/mol. The molecular formula is C46H27N3S. The van der Waals surface area contributed by atoms with Crippen molar-refractivity contribution in [3.8, 4) is 28.5 Å². The molecule has 0 bridgehead atoms. The molecule has 232 valence electrons. The number of benzene rings is 8. The van der Waals surface area contributed by atoms with Crippen molar-refractivity contribution in [3.05, 3.63) is 164 Å². The van der Waals surface area contributed by atoms with Crippen molar-refractivity contribution in [1.82, 2.24) is 14.5 Å². The first kappa shape index (κ1) is 27.6. The van der Waals surface area contributed by atoms with Crippen LogP contribution in [0.1, 0.15) is 0 Å². The van der Waals surface area contributed by atoms with E-state index in [1.54, 1.807) is 0 Å². The van der Waals surface area contributed by atoms with Crippen LogP contribution in [0.3, 0.4) is 0 Å². The molecule has 11 aromatic rings. The summed E-state index contributed by atoms with van der Waals surface area (Å²) in [6.45, 7) is 0. The minimum absolute atomic E-state index is 0.663. The zero-order chi connectivity index (χ0) is 32.8. The molecule has 3 heterocycles. The highest BCUT2D eigenvalue weighted by atomic mass is 32.1. The molecule has 11 rings (SSSR count). The fourth-order valence-corrected chi connectivity index (χ4v) is 9.34. The third kappa shape index (κ3) is 3.85. The molecule has 0 amide bonds. The van der Waals surface area contributed by atoms with E-state index in [4.69, 9.17) is 9.97 Å². The summed E-state index contributed by atoms with van der Waals surface area (Å²) in [7, 11) is 0. The van der Waals surface area contributed by atoms with E-state index < -0.39 is 0 Å². The van der Waals surface area contributed by atoms with Crippen LogP contribution in [-0.4, -0.2) is 14.5 Å². The van der Waals surface area contributed by atoms with Gasteiger partial charge in [-0.25, -0.2) is 9.97 Å². The Hall–Kier alpha value is -6.36. The lowest BCUT2D eigenvalue weighted by atomic mass is 9.95. The monoisotopic (exact) mass is 653 g/mol. The molecule has 8 aromatic carbocycles. The number of nitrogens with zero attached hydrogens (tertiary/aromatic N) is 3. The van der Waals surface area contributed by atoms with Crippen LogP contribution < -0.4 is 0 Å². The second-order valence-corrected chi connectivity index (χ2v) is 13.9. The standard InChI is InChI=1S/C46H27N3S/c1-3-15-28(16-4-1)37-27-38(29-17-5-2-6-18-29)48-46(47-37)49-43-34-23-11-8-20-31(34)30-19-7-9-21-32(30)41(43)42-44(49)35-24-12-10-22-33(35)40-36-25-13-14-26-39(36)50-45(40)42/h1-27H. The van der Waals surface area contributed by atoms with Crippen molar-refractivity contribution in [1.29, 1.82) is 0 Å². The summed E-state index contributed by atoms with van der Waals surface area (Å²) in [6.07, 6.45) is 0. The van der Waals surface area contributed by atoms with Gasteiger partial charge in [0.15, 0.2) is 0 Å². The Balaban J connectivity index is 1.45. The molecule has 3 aromatic heterocycles. The second-order valence-electron chi connectivity index (χ2n) is 12.9. The van der Waals surface area contributed by atoms with Crippen molar-refractivity contribution < 1.29 is 0 Å². The Morgan fingerprint density at radius 2 is 0.820 bits per heavy atom. The van der Waals surface area contributed by atoms with Gasteiger partial charge in [-0.05, 0) is 33.7 Å². The van der Waals surface area contributed by atoms with Crippen LogP contribution in [0, 0.1) is 0 Å². The summed E-state index contributed by atoms with van der Waals surface area (Å²) in [4.78, 5) is 10.9. The van der Waals surface area contributed by atoms with E-state index in [1.807, 2.05) is 11.3 Å². The predicted octanol–water partition coefficient (Wildman–Crippen LogP) is 12.7. The first-order valence-corrected chi connectivity index (χ1v) is 17.7. The molecule has 0 N–H and O–H groups in total. The molecule has 0 spiro atoms. The molecule has 0 unspecified atom stereocenters. The molecule has 0 aliphatic heterocycles. The van der Waals surface area contributed by atoms with E-state index in [-0.39, 0.29) is 0 Å². The number of thiophene rings is 1. The van der Waals surface area contributed by atoms with E-state index in [0.29, 0.717) is 5.95 Å². The first-order valence-electron chi connectivity index (χ1n) is 16.9. The molecule has 0 saturated heterocycles. The maximum Gasteiger partial charge on any atom is 0.235 e. The number of hydrogen-bond donors (Lipinski definition) is 0. The van der Waals surface area contributed by atoms with Crippen LogP contribution in [0.15, 0.2) is 164 Å². The minimum atomic E-state index is 0.663. The van der Waals surface area contributed by atoms with Crippen LogP contribution in [0.25, 0.3) is 103 Å². The van der Waals surface area contributed by atoms with Crippen molar-refractivity contribution in [2.24, 2.45) is 0 Å². The highest BCUT2D eigenvalue weighted by Gasteiger charge is 2.26. The van der Waals surface area contributed by atoms with E-state index in [9.17, 15) is 0 Å². The van der Waals surface area contributed by atoms with Crippen molar-refractivity contribution in [3.63, 3.8) is 0 Å². The van der Waals surface area contributed by atoms with Gasteiger partial charge >= 0.3 is 0 Å². The van der Waals surface area contributed by atoms with Gasteiger partial charge in [-0.1, -0.05) is 152 Å². The van der Waals surface area contributed by atoms with Gasteiger partial charge in [0.1, 0.15) is 0 Å². The average Bonchev–Trinajstić information content (AvgIpc) is 3.76. The molecule has 0 atom stereocenters. The Kier molecular flexibility index (Phi) is 5.83. The molecule has 3 nitrogen and oxygen atoms in total. The summed E-state index contributed by atoms with van der Waals surface area (Å²) in [5, 5.41) is 12.4. The maximum atomic E-state index is 5.44. The van der Waals surface area contributed by atoms with Gasteiger partial charge in [-0.3, -0.25) is 4.57 Å². The van der Waals surface area contributed by atoms with Crippen molar-refractivity contribution in [2.75, 3.05) is 0 Å². The molecule has 0 fully saturated rings. The third-order valence-electron chi connectivity index (χ3n) is 10.2. The zero-order valence-electron chi connectivity index (χ0n) is 26.8. The van der Waals surface area contributed by atoms with Crippen LogP contribution in [-0.2, 0) is 0 Å². The van der Waals surface area contributed by atoms with Gasteiger partial charge < -0.3 is 0 Å². The Morgan fingerprint density at radius 3 is 1.44 bits per heavy atom. The van der Waals surface area contributed by atoms with Gasteiger partial charge in [0.05, 0.1) is 22.4 Å². The first-order chi connectivity index (χ1) is 24.8. The summed E-state index contributed by atoms with van der Waals surface area (Å²) in [5.41, 5.74) is 6.17. The summed E-state index contributed by atoms with van der Waals surface area (Å²) in [5.74, 6) is 0.663. The van der Waals surface area contributed by atoms with E-state index in [0.717, 1.165) is 33.5 Å². The summed E-state index contributed by atoms with van der Waals surface area (Å²) >= 11 is 1.89. The highest BCUT2D eigenvalue weighted by molar-refractivity contribution is 7.27. The lowest BCUT2D eigenvalue weighted by Gasteiger charge is -2.14. The minimum Gasteiger partial charge on any atom is -0.277 e. The highest BCUT2D eigenvalue weighted by Crippen LogP contribution is 2.51. The lowest BCUT2D eigenvalue weighted by molar-refractivity contribution is 1.00. The van der Waals surface area contributed by atoms with Gasteiger partial charge in [0.25, 0.3) is 0 Å². The van der Waals surface area contributed by atoms with E-state index in [2.05, 4.69) is 168 Å². The fourth-order valence-electron chi connectivity index (χ4n) is 8.07. The third-order valence-corrected chi connectivity index (χ3v) is 11.4. The number of aromatic nitrogens is 3. The van der Waals surface area contributed by atoms with Gasteiger partial charge in [0, 0.05) is 52.8 Å². The van der Waals surface area contributed by atoms with Crippen LogP contribution in [0.5, 0.6) is 0 Å². The predicted molar refractivity (Wildman–Crippen MR) is 213 cm³/mol. The molecule has 0 aliphatic carbocycles. The van der Waals surface area contributed by atoms with Gasteiger partial charge in [0.2, 0.25) is 5.95 Å². The second kappa shape index (κ2) is 10.6. The molecular weight excluding hydrogens is 627 g/mol. The van der Waals surface area contributed by atoms with Crippen molar-refractivity contribution in [2.45, 2.75) is 0 Å². The molecule has 0 aliphatic rings. The van der Waals surface area contributed by atoms with Gasteiger partial charge in [-0.15, -0.1) is 11.3 Å². The smallest absolute Gasteiger partial charge is 0.235 e. The Labute approximate surface area is 291 Å². The zero-order valence-corrected chi connectivity index (χ0v) is 27.7. The molecule has 4 heteroatoms. The number of hydrogen-bond acceptors (Lipinski definition) is 3. The van der Waals surface area contributed by atoms with Crippen LogP contribution >= 0.6 is 11.3 Å². The van der Waals surface area contributed by atoms with Gasteiger partial charge in [-0.2, -0.15) is 0 Å². The van der Waals surface area contributed by atoms with E-state index >= 15 is 0 Å². The Bertz CT molecular complexity index is 3080. The summed E-state index contributed by atoms with van der Waals surface area (Å²) < 4.78 is 4.97. The summed E-state index contributed by atoms with van der Waals surface area (Å²) in [6, 6.07) is 58.5. The fraction of sp³-hybridized carbons (Fsp3) is 0. The lowest BCUT2D eigenvalue weighted by Crippen LogP contribution is -2.04. The normalized spacial score (nSPS) is 12.0. The van der Waals surface area contributed by atoms with Crippen LogP contribution in [0.4, 0.5) is 0 Å². The molecule has 50 heavy (non-hydrogen) atoms. The number of fused-ring (bicyclic) bond motifs is 15. The largest absolute Gasteiger partial charge is 0.277 e. The molecule has 0 radical (unpaired) electrons. The quantitative estimate of drug-likeness (QED) is 0.178. The maximum absolute atomic E-state index is 5.44. The van der Waals surface area contributed by atoms with Crippen molar-refractivity contribution >= 4 is 85.6 Å². The van der Waals surface area contributed by atoms with Crippen LogP contribution in [0.2, 0.25) is 0 Å². The number of rotatable bonds is 3. The van der Waals surface area contributed by atoms with E-state index in [1.165, 1.54) is 63.3 Å². The molecule has 0 saturated carbocycles.